The van der Waals surface area contributed by atoms with Gasteiger partial charge in [-0.1, -0.05) is 382 Å². The van der Waals surface area contributed by atoms with Crippen molar-refractivity contribution in [1.82, 2.24) is 0 Å². The number of rotatable bonds is 9. The van der Waals surface area contributed by atoms with Crippen LogP contribution in [0.15, 0.2) is 536 Å². The van der Waals surface area contributed by atoms with E-state index in [4.69, 9.17) is 26.5 Å². The van der Waals surface area contributed by atoms with Gasteiger partial charge in [0.05, 0.1) is 5.39 Å². The molecule has 0 atom stereocenters. The molecule has 0 N–H and O–H groups in total. The van der Waals surface area contributed by atoms with Gasteiger partial charge in [-0.3, -0.25) is 0 Å². The van der Waals surface area contributed by atoms with Gasteiger partial charge in [0.15, 0.2) is 11.2 Å². The number of hydrogen-bond acceptors (Lipinski definition) is 6. The van der Waals surface area contributed by atoms with Crippen molar-refractivity contribution in [1.29, 1.82) is 0 Å². The van der Waals surface area contributed by atoms with Crippen molar-refractivity contribution in [3.63, 3.8) is 0 Å². The Balaban J connectivity index is 0.000000101. The van der Waals surface area contributed by atoms with E-state index in [1.807, 2.05) is 54.6 Å². The zero-order valence-electron chi connectivity index (χ0n) is 80.9. The molecular formula is C144H84O6. The van der Waals surface area contributed by atoms with Gasteiger partial charge in [0.2, 0.25) is 0 Å². The van der Waals surface area contributed by atoms with Crippen LogP contribution in [0.1, 0.15) is 0 Å². The summed E-state index contributed by atoms with van der Waals surface area (Å²) in [5.74, 6) is 0. The molecule has 27 aromatic carbocycles. The number of hydrogen-bond donors (Lipinski definition) is 0. The van der Waals surface area contributed by atoms with Gasteiger partial charge >= 0.3 is 0 Å². The number of furan rings is 6. The number of benzene rings is 27. The van der Waals surface area contributed by atoms with Gasteiger partial charge < -0.3 is 26.5 Å². The van der Waals surface area contributed by atoms with Crippen LogP contribution in [0, 0.1) is 0 Å². The molecule has 0 radical (unpaired) electrons. The molecule has 0 fully saturated rings. The van der Waals surface area contributed by atoms with E-state index in [0.717, 1.165) is 148 Å². The molecule has 0 amide bonds. The van der Waals surface area contributed by atoms with Gasteiger partial charge in [0, 0.05) is 65.3 Å². The van der Waals surface area contributed by atoms with Crippen LogP contribution in [0.5, 0.6) is 0 Å². The lowest BCUT2D eigenvalue weighted by Gasteiger charge is -2.18. The van der Waals surface area contributed by atoms with E-state index in [-0.39, 0.29) is 0 Å². The third-order valence-electron chi connectivity index (χ3n) is 31.2. The second-order valence-electron chi connectivity index (χ2n) is 39.7. The van der Waals surface area contributed by atoms with E-state index in [1.54, 1.807) is 0 Å². The Bertz CT molecular complexity index is 11300. The molecule has 0 saturated carbocycles. The molecule has 6 heterocycles. The topological polar surface area (TPSA) is 78.8 Å². The van der Waals surface area contributed by atoms with E-state index in [1.165, 1.54) is 181 Å². The van der Waals surface area contributed by atoms with Crippen LogP contribution in [0.4, 0.5) is 0 Å². The lowest BCUT2D eigenvalue weighted by atomic mass is 9.85. The molecule has 0 spiro atoms. The highest BCUT2D eigenvalue weighted by Crippen LogP contribution is 2.52. The molecule has 0 aliphatic carbocycles. The summed E-state index contributed by atoms with van der Waals surface area (Å²) in [6, 6.07) is 183. The minimum Gasteiger partial charge on any atom is -0.456 e. The van der Waals surface area contributed by atoms with Crippen LogP contribution < -0.4 is 0 Å². The highest BCUT2D eigenvalue weighted by atomic mass is 16.4. The number of fused-ring (bicyclic) bond motifs is 29. The third kappa shape index (κ3) is 13.6. The van der Waals surface area contributed by atoms with E-state index < -0.39 is 0 Å². The van der Waals surface area contributed by atoms with Gasteiger partial charge in [-0.05, 0) is 318 Å². The van der Waals surface area contributed by atoms with Gasteiger partial charge in [-0.2, -0.15) is 0 Å². The van der Waals surface area contributed by atoms with Crippen LogP contribution in [-0.4, -0.2) is 0 Å². The normalized spacial score (nSPS) is 12.0. The molecule has 150 heavy (non-hydrogen) atoms. The Kier molecular flexibility index (Phi) is 19.1. The first kappa shape index (κ1) is 84.6. The fraction of sp³-hybridized carbons (Fsp3) is 0. The molecule has 33 aromatic rings. The van der Waals surface area contributed by atoms with Gasteiger partial charge in [0.25, 0.3) is 0 Å². The number of para-hydroxylation sites is 3. The van der Waals surface area contributed by atoms with Crippen LogP contribution >= 0.6 is 0 Å². The third-order valence-corrected chi connectivity index (χ3v) is 31.2. The zero-order chi connectivity index (χ0) is 98.3. The first-order chi connectivity index (χ1) is 74.3. The quantitative estimate of drug-likeness (QED) is 0.134. The van der Waals surface area contributed by atoms with E-state index in [2.05, 4.69) is 455 Å². The van der Waals surface area contributed by atoms with Crippen molar-refractivity contribution in [3.05, 3.63) is 510 Å². The molecule has 6 nitrogen and oxygen atoms in total. The van der Waals surface area contributed by atoms with E-state index in [9.17, 15) is 0 Å². The van der Waals surface area contributed by atoms with Crippen molar-refractivity contribution in [2.75, 3.05) is 0 Å². The SMILES string of the molecule is c1ccc(-c2c3ccccc3c(-c3cccc(-c4ccc5cc6c(cc5c4)oc4c6ccc5c6ccccc6oc54)c3)c3ccccc23)cc1.c1ccc(-c2c3ccccc3c(-c3cccc(-c4ccc5cc6c(cc5c4)oc4c6ccc5oc6ccccc6c54)c3)c3ccccc23)cc1.c1ccc(-c2c3ccccc3c(-c3cccc(-c4ccc5cc6c(cc5c4)oc4cc5oc7ccccc7c5cc46)c3)c3ccccc23)cc1. The summed E-state index contributed by atoms with van der Waals surface area (Å²) in [6.45, 7) is 0. The van der Waals surface area contributed by atoms with Gasteiger partial charge in [-0.15, -0.1) is 0 Å². The molecule has 33 rings (SSSR count). The Morgan fingerprint density at radius 1 is 0.0933 bits per heavy atom. The second kappa shape index (κ2) is 33.9. The summed E-state index contributed by atoms with van der Waals surface area (Å²) in [5.41, 5.74) is 32.3. The zero-order valence-corrected chi connectivity index (χ0v) is 80.9. The summed E-state index contributed by atoms with van der Waals surface area (Å²) >= 11 is 0. The molecule has 0 aliphatic rings. The smallest absolute Gasteiger partial charge is 0.178 e. The Labute approximate surface area is 858 Å². The lowest BCUT2D eigenvalue weighted by Crippen LogP contribution is -1.91. The molecular weight excluding hydrogens is 1830 g/mol. The Morgan fingerprint density at radius 2 is 0.327 bits per heavy atom. The van der Waals surface area contributed by atoms with Crippen molar-refractivity contribution < 1.29 is 26.5 Å². The molecule has 0 aliphatic heterocycles. The van der Waals surface area contributed by atoms with Gasteiger partial charge in [0.1, 0.15) is 55.8 Å². The van der Waals surface area contributed by atoms with Crippen LogP contribution in [-0.2, 0) is 0 Å². The van der Waals surface area contributed by atoms with Crippen molar-refractivity contribution in [3.8, 4) is 100 Å². The molecule has 696 valence electrons. The lowest BCUT2D eigenvalue weighted by molar-refractivity contribution is 0.633. The van der Waals surface area contributed by atoms with Crippen LogP contribution in [0.2, 0.25) is 0 Å². The van der Waals surface area contributed by atoms with Crippen molar-refractivity contribution in [2.45, 2.75) is 0 Å². The second-order valence-corrected chi connectivity index (χ2v) is 39.7. The summed E-state index contributed by atoms with van der Waals surface area (Å²) in [6.07, 6.45) is 0. The monoisotopic (exact) mass is 1910 g/mol. The molecule has 0 saturated heterocycles. The highest BCUT2D eigenvalue weighted by molar-refractivity contribution is 6.29. The first-order valence-electron chi connectivity index (χ1n) is 51.2. The minimum atomic E-state index is 0.801. The predicted molar refractivity (Wildman–Crippen MR) is 629 cm³/mol. The summed E-state index contributed by atoms with van der Waals surface area (Å²) in [5, 5.41) is 35.3. The maximum absolute atomic E-state index is 6.63. The van der Waals surface area contributed by atoms with E-state index in [0.29, 0.717) is 0 Å². The van der Waals surface area contributed by atoms with Crippen molar-refractivity contribution in [2.24, 2.45) is 0 Å². The fourth-order valence-corrected chi connectivity index (χ4v) is 24.4. The Morgan fingerprint density at radius 3 is 0.713 bits per heavy atom. The maximum atomic E-state index is 6.63. The highest BCUT2D eigenvalue weighted by Gasteiger charge is 2.26. The Hall–Kier alpha value is -19.9. The van der Waals surface area contributed by atoms with Crippen LogP contribution in [0.25, 0.3) is 329 Å². The minimum absolute atomic E-state index is 0.801. The predicted octanol–water partition coefficient (Wildman–Crippen LogP) is 41.8. The maximum Gasteiger partial charge on any atom is 0.178 e. The fourth-order valence-electron chi connectivity index (χ4n) is 24.4. The van der Waals surface area contributed by atoms with Gasteiger partial charge in [-0.25, -0.2) is 0 Å². The van der Waals surface area contributed by atoms with Crippen molar-refractivity contribution >= 4 is 229 Å². The van der Waals surface area contributed by atoms with E-state index >= 15 is 0 Å². The summed E-state index contributed by atoms with van der Waals surface area (Å²) < 4.78 is 38.2. The summed E-state index contributed by atoms with van der Waals surface area (Å²) in [7, 11) is 0. The molecule has 0 bridgehead atoms. The molecule has 6 heteroatoms. The largest absolute Gasteiger partial charge is 0.456 e. The summed E-state index contributed by atoms with van der Waals surface area (Å²) in [4.78, 5) is 0. The average molecular weight is 1910 g/mol. The van der Waals surface area contributed by atoms with Crippen LogP contribution in [0.3, 0.4) is 0 Å². The average Bonchev–Trinajstić information content (AvgIpc) is 0.932. The first-order valence-corrected chi connectivity index (χ1v) is 51.2. The standard InChI is InChI=1S/3C48H28O2/c1-2-11-29(12-3-1)47-36-16-4-6-18-38(36)48(39-19-7-5-17-37(39)47)33-14-10-13-30(23-33)31-21-22-32-25-40-42-27-41-35-15-8-9-20-43(35)49-45(41)28-46(42)50-44(40)26-34(32)24-31;1-2-11-29(12-3-1)45-36-16-4-6-18-38(36)46(39-19-7-5-17-37(39)45)33-14-10-13-30(25-33)31-21-22-32-27-42-41-24-23-40-35-15-8-9-20-43(35)49-47(40)48(41)50-44(42)28-34(32)26-31;1-2-11-29(12-3-1)45-35-15-4-6-17-37(35)46(38-18-7-5-16-36(38)45)33-14-10-13-30(25-33)31-21-22-32-27-41-39-23-24-43-47(40-19-8-9-20-42(40)49-43)48(39)50-44(41)28-34(32)26-31/h3*1-28H. The molecule has 0 unspecified atom stereocenters. The molecule has 6 aromatic heterocycles.